The molecule has 0 saturated carbocycles. The highest BCUT2D eigenvalue weighted by atomic mass is 32.1. The van der Waals surface area contributed by atoms with Gasteiger partial charge in [0.2, 0.25) is 0 Å². The van der Waals surface area contributed by atoms with Crippen LogP contribution in [0.1, 0.15) is 41.6 Å². The van der Waals surface area contributed by atoms with Gasteiger partial charge in [0.25, 0.3) is 5.56 Å². The summed E-state index contributed by atoms with van der Waals surface area (Å²) in [6.07, 6.45) is 6.93. The van der Waals surface area contributed by atoms with Crippen molar-refractivity contribution in [3.8, 4) is 0 Å². The third kappa shape index (κ3) is 4.05. The lowest BCUT2D eigenvalue weighted by Gasteiger charge is -2.05. The summed E-state index contributed by atoms with van der Waals surface area (Å²) in [7, 11) is 0. The monoisotopic (exact) mass is 369 g/mol. The Balaban J connectivity index is 1.79. The van der Waals surface area contributed by atoms with E-state index in [-0.39, 0.29) is 11.1 Å². The fourth-order valence-corrected chi connectivity index (χ4v) is 3.48. The van der Waals surface area contributed by atoms with Gasteiger partial charge in [0.1, 0.15) is 5.65 Å². The predicted molar refractivity (Wildman–Crippen MR) is 102 cm³/mol. The maximum atomic E-state index is 12.4. The van der Waals surface area contributed by atoms with Crippen molar-refractivity contribution < 1.29 is 9.90 Å². The number of aromatic nitrogens is 3. The van der Waals surface area contributed by atoms with Crippen molar-refractivity contribution >= 4 is 29.0 Å². The Morgan fingerprint density at radius 2 is 2.19 bits per heavy atom. The molecule has 0 aliphatic heterocycles. The second-order valence-electron chi connectivity index (χ2n) is 6.27. The molecule has 0 saturated heterocycles. The van der Waals surface area contributed by atoms with Gasteiger partial charge in [0.15, 0.2) is 0 Å². The molecular formula is C19H19N3O3S. The fraction of sp³-hybridized carbons (Fsp3) is 0.263. The first-order valence-corrected chi connectivity index (χ1v) is 9.17. The Morgan fingerprint density at radius 1 is 1.38 bits per heavy atom. The zero-order chi connectivity index (χ0) is 18.7. The third-order valence-electron chi connectivity index (χ3n) is 3.99. The van der Waals surface area contributed by atoms with Gasteiger partial charge in [-0.25, -0.2) is 14.8 Å². The number of rotatable bonds is 6. The van der Waals surface area contributed by atoms with Gasteiger partial charge in [-0.15, -0.1) is 11.3 Å². The van der Waals surface area contributed by atoms with Crippen molar-refractivity contribution in [1.82, 2.24) is 14.4 Å². The minimum Gasteiger partial charge on any atom is -0.478 e. The quantitative estimate of drug-likeness (QED) is 0.675. The minimum atomic E-state index is -1.10. The van der Waals surface area contributed by atoms with Crippen LogP contribution in [-0.2, 0) is 17.6 Å². The van der Waals surface area contributed by atoms with Gasteiger partial charge < -0.3 is 5.11 Å². The van der Waals surface area contributed by atoms with E-state index in [0.29, 0.717) is 11.6 Å². The summed E-state index contributed by atoms with van der Waals surface area (Å²) in [5.41, 5.74) is 2.69. The van der Waals surface area contributed by atoms with E-state index in [2.05, 4.69) is 29.2 Å². The van der Waals surface area contributed by atoms with Gasteiger partial charge in [-0.05, 0) is 36.1 Å². The van der Waals surface area contributed by atoms with Crippen LogP contribution >= 0.6 is 11.3 Å². The molecule has 7 heteroatoms. The molecule has 3 aromatic rings. The highest BCUT2D eigenvalue weighted by Gasteiger charge is 2.07. The van der Waals surface area contributed by atoms with Crippen molar-refractivity contribution in [2.45, 2.75) is 32.6 Å². The number of carboxylic acid groups (broad SMARTS) is 1. The zero-order valence-electron chi connectivity index (χ0n) is 14.5. The Labute approximate surface area is 154 Å². The Hall–Kier alpha value is -2.80. The molecule has 3 rings (SSSR count). The van der Waals surface area contributed by atoms with Gasteiger partial charge in [-0.2, -0.15) is 0 Å². The van der Waals surface area contributed by atoms with E-state index in [1.54, 1.807) is 17.5 Å². The standard InChI is InChI=1S/C19H19N3O3S/c1-12(2)15-11-26-17(21-15)5-3-13-7-8-22-16(9-13)20-10-14(19(22)25)4-6-18(23)24/h4,6-12H,3,5H2,1-2H3,(H,23,24)/b6-4+. The van der Waals surface area contributed by atoms with Gasteiger partial charge in [0, 0.05) is 30.3 Å². The second-order valence-corrected chi connectivity index (χ2v) is 7.22. The van der Waals surface area contributed by atoms with E-state index < -0.39 is 5.97 Å². The molecule has 0 atom stereocenters. The predicted octanol–water partition coefficient (Wildman–Crippen LogP) is 3.16. The molecule has 6 nitrogen and oxygen atoms in total. The highest BCUT2D eigenvalue weighted by Crippen LogP contribution is 2.19. The van der Waals surface area contributed by atoms with E-state index >= 15 is 0 Å². The molecule has 0 amide bonds. The van der Waals surface area contributed by atoms with Gasteiger partial charge >= 0.3 is 5.97 Å². The number of aliphatic carboxylic acids is 1. The number of aryl methyl sites for hydroxylation is 2. The largest absolute Gasteiger partial charge is 0.478 e. The van der Waals surface area contributed by atoms with Gasteiger partial charge in [-0.3, -0.25) is 9.20 Å². The molecule has 0 aliphatic carbocycles. The number of carbonyl (C=O) groups is 1. The Kier molecular flexibility index (Phi) is 5.27. The molecule has 1 N–H and O–H groups in total. The first kappa shape index (κ1) is 18.0. The Bertz CT molecular complexity index is 1030. The number of carboxylic acids is 1. The summed E-state index contributed by atoms with van der Waals surface area (Å²) in [6.45, 7) is 4.26. The van der Waals surface area contributed by atoms with E-state index in [0.717, 1.165) is 35.2 Å². The molecule has 0 spiro atoms. The number of fused-ring (bicyclic) bond motifs is 1. The van der Waals surface area contributed by atoms with Crippen molar-refractivity contribution in [3.05, 3.63) is 68.2 Å². The van der Waals surface area contributed by atoms with Crippen LogP contribution in [-0.4, -0.2) is 25.4 Å². The van der Waals surface area contributed by atoms with Crippen LogP contribution in [0.2, 0.25) is 0 Å². The second kappa shape index (κ2) is 7.61. The average Bonchev–Trinajstić information content (AvgIpc) is 3.08. The third-order valence-corrected chi connectivity index (χ3v) is 4.92. The average molecular weight is 369 g/mol. The lowest BCUT2D eigenvalue weighted by atomic mass is 10.1. The number of pyridine rings is 1. The molecule has 134 valence electrons. The van der Waals surface area contributed by atoms with E-state index in [9.17, 15) is 9.59 Å². The maximum Gasteiger partial charge on any atom is 0.328 e. The van der Waals surface area contributed by atoms with Crippen LogP contribution in [0, 0.1) is 0 Å². The molecule has 0 radical (unpaired) electrons. The summed E-state index contributed by atoms with van der Waals surface area (Å²) >= 11 is 1.68. The maximum absolute atomic E-state index is 12.4. The zero-order valence-corrected chi connectivity index (χ0v) is 15.4. The molecule has 3 aromatic heterocycles. The number of thiazole rings is 1. The van der Waals surface area contributed by atoms with Crippen molar-refractivity contribution in [1.29, 1.82) is 0 Å². The summed E-state index contributed by atoms with van der Waals surface area (Å²) < 4.78 is 1.42. The van der Waals surface area contributed by atoms with Crippen LogP contribution in [0.15, 0.2) is 40.8 Å². The first-order valence-electron chi connectivity index (χ1n) is 8.29. The van der Waals surface area contributed by atoms with E-state index in [1.807, 2.05) is 12.1 Å². The first-order chi connectivity index (χ1) is 12.4. The van der Waals surface area contributed by atoms with Crippen LogP contribution in [0.3, 0.4) is 0 Å². The van der Waals surface area contributed by atoms with Crippen LogP contribution in [0.4, 0.5) is 0 Å². The molecule has 0 unspecified atom stereocenters. The number of nitrogens with zero attached hydrogens (tertiary/aromatic N) is 3. The molecule has 0 aromatic carbocycles. The number of hydrogen-bond donors (Lipinski definition) is 1. The van der Waals surface area contributed by atoms with Crippen LogP contribution < -0.4 is 5.56 Å². The fourth-order valence-electron chi connectivity index (χ4n) is 2.52. The summed E-state index contributed by atoms with van der Waals surface area (Å²) in [5.74, 6) is -0.672. The van der Waals surface area contributed by atoms with E-state index in [4.69, 9.17) is 5.11 Å². The molecule has 0 aliphatic rings. The van der Waals surface area contributed by atoms with Gasteiger partial charge in [-0.1, -0.05) is 13.8 Å². The highest BCUT2D eigenvalue weighted by molar-refractivity contribution is 7.09. The van der Waals surface area contributed by atoms with Crippen molar-refractivity contribution in [2.24, 2.45) is 0 Å². The summed E-state index contributed by atoms with van der Waals surface area (Å²) in [6, 6.07) is 3.76. The molecular weight excluding hydrogens is 350 g/mol. The summed E-state index contributed by atoms with van der Waals surface area (Å²) in [5, 5.41) is 11.9. The normalized spacial score (nSPS) is 11.7. The molecule has 26 heavy (non-hydrogen) atoms. The van der Waals surface area contributed by atoms with Crippen LogP contribution in [0.25, 0.3) is 11.7 Å². The lowest BCUT2D eigenvalue weighted by molar-refractivity contribution is -0.131. The summed E-state index contributed by atoms with van der Waals surface area (Å²) in [4.78, 5) is 31.9. The number of hydrogen-bond acceptors (Lipinski definition) is 5. The molecule has 3 heterocycles. The molecule has 0 bridgehead atoms. The van der Waals surface area contributed by atoms with Crippen LogP contribution in [0.5, 0.6) is 0 Å². The van der Waals surface area contributed by atoms with Gasteiger partial charge in [0.05, 0.1) is 16.3 Å². The van der Waals surface area contributed by atoms with Crippen molar-refractivity contribution in [3.63, 3.8) is 0 Å². The minimum absolute atomic E-state index is 0.238. The smallest absolute Gasteiger partial charge is 0.328 e. The lowest BCUT2D eigenvalue weighted by Crippen LogP contribution is -2.17. The molecule has 0 fully saturated rings. The van der Waals surface area contributed by atoms with E-state index in [1.165, 1.54) is 16.7 Å². The van der Waals surface area contributed by atoms with Crippen molar-refractivity contribution in [2.75, 3.05) is 0 Å². The topological polar surface area (TPSA) is 84.6 Å². The Morgan fingerprint density at radius 3 is 2.88 bits per heavy atom. The SMILES string of the molecule is CC(C)c1csc(CCc2ccn3c(=O)c(/C=C/C(=O)O)cnc3c2)n1.